The summed E-state index contributed by atoms with van der Waals surface area (Å²) in [7, 11) is 0. The Hall–Kier alpha value is -1.66. The smallest absolute Gasteiger partial charge is 0.518 e. The van der Waals surface area contributed by atoms with E-state index in [-0.39, 0.29) is 0 Å². The fraction of sp³-hybridized carbons (Fsp3) is 0. The fourth-order valence-electron chi connectivity index (χ4n) is 0.319. The van der Waals surface area contributed by atoms with Crippen LogP contribution in [0.25, 0.3) is 0 Å². The van der Waals surface area contributed by atoms with Crippen LogP contribution in [0.5, 0.6) is 0 Å². The highest BCUT2D eigenvalue weighted by Crippen LogP contribution is 1.94. The van der Waals surface area contributed by atoms with Crippen LogP contribution in [0.4, 0.5) is 14.4 Å². The maximum Gasteiger partial charge on any atom is 1.21 e. The summed E-state index contributed by atoms with van der Waals surface area (Å²) in [5, 5.41) is 23.9. The number of hydrogen-bond donors (Lipinski definition) is 3. The lowest BCUT2D eigenvalue weighted by Gasteiger charge is -2.05. The van der Waals surface area contributed by atoms with Gasteiger partial charge in [0.15, 0.2) is 0 Å². The molecule has 0 spiro atoms. The molecule has 0 amide bonds. The SMILES string of the molecule is O=C(O)[O][Al]([O]C(=O)O)[O]C(=O)O. The molecule has 10 heteroatoms. The Morgan fingerprint density at radius 1 is 0.769 bits per heavy atom. The molecule has 13 heavy (non-hydrogen) atoms. The van der Waals surface area contributed by atoms with Crippen molar-refractivity contribution in [2.75, 3.05) is 0 Å². The minimum Gasteiger partial charge on any atom is -0.518 e. The lowest BCUT2D eigenvalue weighted by molar-refractivity contribution is 0.0739. The summed E-state index contributed by atoms with van der Waals surface area (Å²) < 4.78 is 11.2. The highest BCUT2D eigenvalue weighted by atomic mass is 27.3. The van der Waals surface area contributed by atoms with Gasteiger partial charge in [0.05, 0.1) is 0 Å². The Balaban J connectivity index is 4.10. The molecule has 72 valence electrons. The third kappa shape index (κ3) is 6.73. The van der Waals surface area contributed by atoms with Crippen molar-refractivity contribution in [1.82, 2.24) is 0 Å². The topological polar surface area (TPSA) is 140 Å². The van der Waals surface area contributed by atoms with Crippen LogP contribution in [0.3, 0.4) is 0 Å². The summed E-state index contributed by atoms with van der Waals surface area (Å²) in [6.45, 7) is 0. The van der Waals surface area contributed by atoms with E-state index < -0.39 is 33.6 Å². The standard InChI is InChI=1S/3CH2O3.Al/c3*2-1(3)4;/h3*(H2,2,3,4);/q;;;+3/p-3. The average molecular weight is 210 g/mol. The Kier molecular flexibility index (Phi) is 4.42. The molecule has 9 nitrogen and oxygen atoms in total. The van der Waals surface area contributed by atoms with E-state index >= 15 is 0 Å². The van der Waals surface area contributed by atoms with E-state index in [2.05, 4.69) is 11.4 Å². The maximum absolute atomic E-state index is 9.84. The normalized spacial score (nSPS) is 8.31. The van der Waals surface area contributed by atoms with Gasteiger partial charge in [-0.2, -0.15) is 0 Å². The molecule has 0 aromatic heterocycles. The van der Waals surface area contributed by atoms with Crippen molar-refractivity contribution < 1.29 is 41.1 Å². The maximum atomic E-state index is 9.84. The van der Waals surface area contributed by atoms with Gasteiger partial charge in [0, 0.05) is 0 Å². The largest absolute Gasteiger partial charge is 1.21 e. The lowest BCUT2D eigenvalue weighted by atomic mass is 11.5. The molecule has 3 N–H and O–H groups in total. The van der Waals surface area contributed by atoms with Crippen molar-refractivity contribution in [3.63, 3.8) is 0 Å². The first-order chi connectivity index (χ1) is 5.91. The fourth-order valence-corrected chi connectivity index (χ4v) is 0.957. The van der Waals surface area contributed by atoms with E-state index in [9.17, 15) is 14.4 Å². The molecule has 0 saturated heterocycles. The highest BCUT2D eigenvalue weighted by molar-refractivity contribution is 6.43. The second-order valence-corrected chi connectivity index (χ2v) is 2.72. The first-order valence-corrected chi connectivity index (χ1v) is 4.02. The molecule has 0 aliphatic heterocycles. The van der Waals surface area contributed by atoms with Gasteiger partial charge in [-0.3, -0.25) is 0 Å². The Bertz CT molecular complexity index is 185. The van der Waals surface area contributed by atoms with Gasteiger partial charge in [-0.05, 0) is 0 Å². The van der Waals surface area contributed by atoms with Gasteiger partial charge in [0.2, 0.25) is 0 Å². The summed E-state index contributed by atoms with van der Waals surface area (Å²) in [4.78, 5) is 29.5. The average Bonchev–Trinajstić information content (AvgIpc) is 1.80. The van der Waals surface area contributed by atoms with Crippen LogP contribution in [0, 0.1) is 0 Å². The van der Waals surface area contributed by atoms with E-state index in [1.165, 1.54) is 0 Å². The predicted octanol–water partition coefficient (Wildman–Crippen LogP) is 0.0551. The highest BCUT2D eigenvalue weighted by Gasteiger charge is 2.50. The van der Waals surface area contributed by atoms with Gasteiger partial charge < -0.3 is 26.7 Å². The van der Waals surface area contributed by atoms with Crippen LogP contribution in [0.15, 0.2) is 0 Å². The van der Waals surface area contributed by atoms with E-state index in [4.69, 9.17) is 15.3 Å². The molecule has 0 saturated carbocycles. The van der Waals surface area contributed by atoms with Crippen LogP contribution in [0.1, 0.15) is 0 Å². The summed E-state index contributed by atoms with van der Waals surface area (Å²) >= 11 is -3.71. The van der Waals surface area contributed by atoms with E-state index in [1.807, 2.05) is 0 Å². The molecule has 0 aliphatic rings. The Morgan fingerprint density at radius 2 is 1.00 bits per heavy atom. The van der Waals surface area contributed by atoms with Gasteiger partial charge >= 0.3 is 33.6 Å². The van der Waals surface area contributed by atoms with Gasteiger partial charge in [-0.1, -0.05) is 0 Å². The molecule has 0 radical (unpaired) electrons. The lowest BCUT2D eigenvalue weighted by Crippen LogP contribution is -2.33. The summed E-state index contributed by atoms with van der Waals surface area (Å²) in [5.74, 6) is 0. The molecule has 0 aliphatic carbocycles. The molecule has 0 heterocycles. The molecule has 0 rings (SSSR count). The molecular formula is C3H3AlO9. The van der Waals surface area contributed by atoms with Crippen LogP contribution < -0.4 is 0 Å². The molecule has 0 aromatic carbocycles. The zero-order valence-corrected chi connectivity index (χ0v) is 7.02. The van der Waals surface area contributed by atoms with Gasteiger partial charge in [0.1, 0.15) is 0 Å². The second-order valence-electron chi connectivity index (χ2n) is 1.44. The number of rotatable bonds is 3. The monoisotopic (exact) mass is 210 g/mol. The third-order valence-corrected chi connectivity index (χ3v) is 1.77. The molecule has 0 bridgehead atoms. The Morgan fingerprint density at radius 3 is 1.15 bits per heavy atom. The van der Waals surface area contributed by atoms with Gasteiger partial charge in [-0.25, -0.2) is 14.4 Å². The van der Waals surface area contributed by atoms with Crippen molar-refractivity contribution in [2.45, 2.75) is 0 Å². The first kappa shape index (κ1) is 11.3. The van der Waals surface area contributed by atoms with Crippen LogP contribution in [-0.2, 0) is 11.4 Å². The zero-order valence-electron chi connectivity index (χ0n) is 5.87. The zero-order chi connectivity index (χ0) is 10.4. The van der Waals surface area contributed by atoms with Crippen molar-refractivity contribution in [2.24, 2.45) is 0 Å². The van der Waals surface area contributed by atoms with Crippen molar-refractivity contribution in [1.29, 1.82) is 0 Å². The second kappa shape index (κ2) is 5.07. The van der Waals surface area contributed by atoms with Gasteiger partial charge in [0.25, 0.3) is 0 Å². The molecule has 0 atom stereocenters. The minimum atomic E-state index is -3.71. The number of hydrogen-bond acceptors (Lipinski definition) is 6. The van der Waals surface area contributed by atoms with E-state index in [0.29, 0.717) is 0 Å². The van der Waals surface area contributed by atoms with Crippen molar-refractivity contribution >= 4 is 33.6 Å². The van der Waals surface area contributed by atoms with Gasteiger partial charge in [-0.15, -0.1) is 0 Å². The summed E-state index contributed by atoms with van der Waals surface area (Å²) in [5.41, 5.74) is 0. The summed E-state index contributed by atoms with van der Waals surface area (Å²) in [6, 6.07) is 0. The van der Waals surface area contributed by atoms with Crippen LogP contribution in [-0.4, -0.2) is 48.9 Å². The van der Waals surface area contributed by atoms with Crippen molar-refractivity contribution in [3.05, 3.63) is 0 Å². The van der Waals surface area contributed by atoms with Crippen LogP contribution in [0.2, 0.25) is 0 Å². The van der Waals surface area contributed by atoms with Crippen LogP contribution >= 0.6 is 0 Å². The van der Waals surface area contributed by atoms with E-state index in [1.54, 1.807) is 0 Å². The third-order valence-electron chi connectivity index (χ3n) is 0.591. The summed E-state index contributed by atoms with van der Waals surface area (Å²) in [6.07, 6.45) is -5.63. The number of carboxylic acid groups (broad SMARTS) is 3. The Labute approximate surface area is 75.4 Å². The predicted molar refractivity (Wildman–Crippen MR) is 33.1 cm³/mol. The molecule has 0 fully saturated rings. The quantitative estimate of drug-likeness (QED) is 0.551. The number of carbonyl (C=O) groups is 3. The molecular weight excluding hydrogens is 207 g/mol. The molecule has 0 aromatic rings. The van der Waals surface area contributed by atoms with E-state index in [0.717, 1.165) is 0 Å². The minimum absolute atomic E-state index is 1.88. The molecule has 0 unspecified atom stereocenters. The first-order valence-electron chi connectivity index (χ1n) is 2.60. The van der Waals surface area contributed by atoms with Crippen molar-refractivity contribution in [3.8, 4) is 0 Å².